The van der Waals surface area contributed by atoms with Crippen molar-refractivity contribution in [3.05, 3.63) is 28.8 Å². The minimum absolute atomic E-state index is 0.110. The molecule has 5 heteroatoms. The second-order valence-electron chi connectivity index (χ2n) is 6.94. The molecule has 0 spiro atoms. The first-order chi connectivity index (χ1) is 9.71. The molecule has 1 aliphatic carbocycles. The van der Waals surface area contributed by atoms with Gasteiger partial charge < -0.3 is 4.57 Å². The van der Waals surface area contributed by atoms with E-state index in [1.807, 2.05) is 0 Å². The molecule has 0 amide bonds. The lowest BCUT2D eigenvalue weighted by atomic mass is 10.0. The Morgan fingerprint density at radius 1 is 1.24 bits per heavy atom. The highest BCUT2D eigenvalue weighted by molar-refractivity contribution is 6.31. The molecule has 1 aromatic heterocycles. The topological polar surface area (TPSA) is 17.8 Å². The molecule has 21 heavy (non-hydrogen) atoms. The van der Waals surface area contributed by atoms with E-state index in [1.165, 1.54) is 6.07 Å². The van der Waals surface area contributed by atoms with Gasteiger partial charge in [-0.05, 0) is 16.9 Å². The molecule has 0 atom stereocenters. The number of alkyl halides is 1. The van der Waals surface area contributed by atoms with Crippen molar-refractivity contribution in [1.29, 1.82) is 0 Å². The Balaban J connectivity index is 2.25. The summed E-state index contributed by atoms with van der Waals surface area (Å²) in [6.45, 7) is 8.95. The van der Waals surface area contributed by atoms with Crippen molar-refractivity contribution in [2.75, 3.05) is 5.88 Å². The van der Waals surface area contributed by atoms with E-state index in [0.29, 0.717) is 12.3 Å². The molecule has 1 aromatic carbocycles. The van der Waals surface area contributed by atoms with Gasteiger partial charge in [-0.1, -0.05) is 39.3 Å². The Labute approximate surface area is 134 Å². The average molecular weight is 329 g/mol. The van der Waals surface area contributed by atoms with Crippen molar-refractivity contribution >= 4 is 34.2 Å². The van der Waals surface area contributed by atoms with Crippen LogP contribution in [0.3, 0.4) is 0 Å². The molecular formula is C16H19Cl2FN2. The normalized spacial score (nSPS) is 20.1. The van der Waals surface area contributed by atoms with E-state index < -0.39 is 5.82 Å². The largest absolute Gasteiger partial charge is 0.324 e. The zero-order chi connectivity index (χ0) is 15.6. The molecule has 1 heterocycles. The molecule has 2 aromatic rings. The first kappa shape index (κ1) is 15.1. The van der Waals surface area contributed by atoms with E-state index in [0.717, 1.165) is 16.9 Å². The van der Waals surface area contributed by atoms with Gasteiger partial charge in [0, 0.05) is 24.4 Å². The number of imidazole rings is 1. The molecule has 1 saturated carbocycles. The van der Waals surface area contributed by atoms with Crippen molar-refractivity contribution in [3.8, 4) is 0 Å². The summed E-state index contributed by atoms with van der Waals surface area (Å²) in [6.07, 6.45) is 0.665. The number of benzene rings is 1. The summed E-state index contributed by atoms with van der Waals surface area (Å²) in [5.41, 5.74) is 1.82. The van der Waals surface area contributed by atoms with Crippen LogP contribution in [0.2, 0.25) is 5.02 Å². The highest BCUT2D eigenvalue weighted by Crippen LogP contribution is 2.72. The Morgan fingerprint density at radius 3 is 2.38 bits per heavy atom. The summed E-state index contributed by atoms with van der Waals surface area (Å²) in [7, 11) is 0. The smallest absolute Gasteiger partial charge is 0.144 e. The number of fused-ring (bicyclic) bond motifs is 1. The van der Waals surface area contributed by atoms with E-state index in [4.69, 9.17) is 23.2 Å². The fourth-order valence-electron chi connectivity index (χ4n) is 3.50. The highest BCUT2D eigenvalue weighted by Gasteiger charge is 2.66. The van der Waals surface area contributed by atoms with Crippen LogP contribution >= 0.6 is 23.2 Å². The molecule has 0 aliphatic heterocycles. The lowest BCUT2D eigenvalue weighted by molar-refractivity contribution is 0.457. The molecule has 114 valence electrons. The van der Waals surface area contributed by atoms with Gasteiger partial charge in [0.25, 0.3) is 0 Å². The minimum atomic E-state index is -0.404. The molecule has 1 fully saturated rings. The number of nitrogens with zero attached hydrogens (tertiary/aromatic N) is 2. The summed E-state index contributed by atoms with van der Waals surface area (Å²) < 4.78 is 16.1. The number of aryl methyl sites for hydroxylation is 1. The van der Waals surface area contributed by atoms with Gasteiger partial charge in [0.2, 0.25) is 0 Å². The van der Waals surface area contributed by atoms with E-state index in [2.05, 4.69) is 37.2 Å². The van der Waals surface area contributed by atoms with Crippen LogP contribution in [-0.2, 0) is 6.42 Å². The van der Waals surface area contributed by atoms with Crippen LogP contribution in [0.25, 0.3) is 11.0 Å². The first-order valence-electron chi connectivity index (χ1n) is 7.13. The quantitative estimate of drug-likeness (QED) is 0.706. The molecular weight excluding hydrogens is 310 g/mol. The summed E-state index contributed by atoms with van der Waals surface area (Å²) >= 11 is 11.8. The predicted molar refractivity (Wildman–Crippen MR) is 85.7 cm³/mol. The maximum atomic E-state index is 13.9. The SMILES string of the molecule is CC1(C)C(n2c(CCCl)nc3cc(Cl)c(F)cc32)C1(C)C. The molecule has 0 bridgehead atoms. The molecule has 0 unspecified atom stereocenters. The average Bonchev–Trinajstić information content (AvgIpc) is 2.65. The monoisotopic (exact) mass is 328 g/mol. The van der Waals surface area contributed by atoms with E-state index in [9.17, 15) is 4.39 Å². The lowest BCUT2D eigenvalue weighted by Gasteiger charge is -2.11. The Kier molecular flexibility index (Phi) is 3.31. The van der Waals surface area contributed by atoms with Crippen LogP contribution in [0, 0.1) is 16.6 Å². The summed E-state index contributed by atoms with van der Waals surface area (Å²) in [4.78, 5) is 4.62. The molecule has 0 saturated heterocycles. The van der Waals surface area contributed by atoms with E-state index >= 15 is 0 Å². The fourth-order valence-corrected chi connectivity index (χ4v) is 3.82. The third kappa shape index (κ3) is 2.01. The van der Waals surface area contributed by atoms with E-state index in [1.54, 1.807) is 6.07 Å². The summed E-state index contributed by atoms with van der Waals surface area (Å²) in [6, 6.07) is 3.38. The van der Waals surface area contributed by atoms with Gasteiger partial charge in [0.05, 0.1) is 16.1 Å². The molecule has 3 rings (SSSR count). The second-order valence-corrected chi connectivity index (χ2v) is 7.72. The lowest BCUT2D eigenvalue weighted by Crippen LogP contribution is -2.07. The van der Waals surface area contributed by atoms with Crippen molar-refractivity contribution in [3.63, 3.8) is 0 Å². The third-order valence-electron chi connectivity index (χ3n) is 5.33. The predicted octanol–water partition coefficient (Wildman–Crippen LogP) is 5.22. The first-order valence-corrected chi connectivity index (χ1v) is 8.05. The van der Waals surface area contributed by atoms with Gasteiger partial charge in [0.1, 0.15) is 11.6 Å². The van der Waals surface area contributed by atoms with Crippen molar-refractivity contribution in [2.24, 2.45) is 10.8 Å². The Hall–Kier alpha value is -0.800. The van der Waals surface area contributed by atoms with Crippen LogP contribution in [0.15, 0.2) is 12.1 Å². The maximum absolute atomic E-state index is 13.9. The molecule has 2 nitrogen and oxygen atoms in total. The number of hydrogen-bond donors (Lipinski definition) is 0. The van der Waals surface area contributed by atoms with Crippen molar-refractivity contribution < 1.29 is 4.39 Å². The van der Waals surface area contributed by atoms with Crippen LogP contribution < -0.4 is 0 Å². The van der Waals surface area contributed by atoms with Crippen LogP contribution in [0.1, 0.15) is 39.6 Å². The zero-order valence-electron chi connectivity index (χ0n) is 12.7. The third-order valence-corrected chi connectivity index (χ3v) is 5.80. The Bertz CT molecular complexity index is 705. The van der Waals surface area contributed by atoms with Crippen LogP contribution in [0.5, 0.6) is 0 Å². The molecule has 0 N–H and O–H groups in total. The molecule has 1 aliphatic rings. The van der Waals surface area contributed by atoms with E-state index in [-0.39, 0.29) is 21.9 Å². The minimum Gasteiger partial charge on any atom is -0.324 e. The van der Waals surface area contributed by atoms with Crippen molar-refractivity contribution in [1.82, 2.24) is 9.55 Å². The van der Waals surface area contributed by atoms with Crippen LogP contribution in [0.4, 0.5) is 4.39 Å². The van der Waals surface area contributed by atoms with Gasteiger partial charge in [-0.3, -0.25) is 0 Å². The summed E-state index contributed by atoms with van der Waals surface area (Å²) in [5.74, 6) is 0.997. The van der Waals surface area contributed by atoms with Gasteiger partial charge >= 0.3 is 0 Å². The van der Waals surface area contributed by atoms with Crippen molar-refractivity contribution in [2.45, 2.75) is 40.2 Å². The zero-order valence-corrected chi connectivity index (χ0v) is 14.2. The van der Waals surface area contributed by atoms with Crippen LogP contribution in [-0.4, -0.2) is 15.4 Å². The number of hydrogen-bond acceptors (Lipinski definition) is 1. The highest BCUT2D eigenvalue weighted by atomic mass is 35.5. The Morgan fingerprint density at radius 2 is 1.86 bits per heavy atom. The number of aromatic nitrogens is 2. The van der Waals surface area contributed by atoms with Gasteiger partial charge in [-0.2, -0.15) is 0 Å². The fraction of sp³-hybridized carbons (Fsp3) is 0.562. The number of halogens is 3. The molecule has 0 radical (unpaired) electrons. The maximum Gasteiger partial charge on any atom is 0.144 e. The number of rotatable bonds is 3. The summed E-state index contributed by atoms with van der Waals surface area (Å²) in [5, 5.41) is 0.110. The second kappa shape index (κ2) is 4.60. The van der Waals surface area contributed by atoms with Gasteiger partial charge in [0.15, 0.2) is 0 Å². The standard InChI is InChI=1S/C16H19Cl2FN2/c1-15(2)14(16(15,3)4)21-12-8-10(19)9(18)7-11(12)20-13(21)5-6-17/h7-8,14H,5-6H2,1-4H3. The van der Waals surface area contributed by atoms with Gasteiger partial charge in [-0.15, -0.1) is 11.6 Å². The van der Waals surface area contributed by atoms with Gasteiger partial charge in [-0.25, -0.2) is 9.37 Å².